The number of aliphatic hydroxyl groups is 11. The Kier molecular flexibility index (Phi) is 34.5. The number of unbranched alkanes of at least 4 members (excludes halogenated alkanes) is 19. The van der Waals surface area contributed by atoms with Crippen LogP contribution >= 0.6 is 0 Å². The van der Waals surface area contributed by atoms with Crippen molar-refractivity contribution in [1.29, 1.82) is 0 Å². The molecule has 0 aromatic carbocycles. The Bertz CT molecular complexity index is 1490. The molecular formula is C54H97NO18. The van der Waals surface area contributed by atoms with Crippen molar-refractivity contribution < 1.29 is 89.4 Å². The first-order valence-electron chi connectivity index (χ1n) is 27.7. The molecule has 17 unspecified atom stereocenters. The van der Waals surface area contributed by atoms with Gasteiger partial charge in [0.25, 0.3) is 0 Å². The van der Waals surface area contributed by atoms with E-state index in [-0.39, 0.29) is 18.9 Å². The number of ether oxygens (including phenoxy) is 6. The summed E-state index contributed by atoms with van der Waals surface area (Å²) in [5, 5.41) is 120. The van der Waals surface area contributed by atoms with Crippen LogP contribution in [0, 0.1) is 0 Å². The van der Waals surface area contributed by atoms with E-state index in [0.717, 1.165) is 44.9 Å². The minimum Gasteiger partial charge on any atom is -0.394 e. The standard InChI is InChI=1S/C54H97NO18/c1-3-5-7-9-11-13-15-16-17-18-19-20-21-22-24-26-28-30-32-42(60)55-37(38(59)31-29-27-25-23-14-12-10-8-6-4-2)36-68-52-48(66)45(63)50(40(34-57)70-52)73-54-49(67)46(64)51(41(35-58)71-54)72-53-47(65)44(62)43(61)39(33-56)69-53/h6,8,14,23,29,31,37-41,43-54,56-59,61-67H,3-5,7,9-13,15-22,24-28,30,32-36H2,1-2H3,(H,55,60)/b8-6+,23-14+,31-29+. The number of allylic oxidation sites excluding steroid dienone is 5. The predicted octanol–water partition coefficient (Wildman–Crippen LogP) is 3.37. The number of hydrogen-bond acceptors (Lipinski definition) is 18. The second-order valence-electron chi connectivity index (χ2n) is 20.0. The van der Waals surface area contributed by atoms with E-state index in [4.69, 9.17) is 28.4 Å². The number of rotatable bonds is 39. The minimum atomic E-state index is -1.98. The molecule has 73 heavy (non-hydrogen) atoms. The highest BCUT2D eigenvalue weighted by atomic mass is 16.8. The monoisotopic (exact) mass is 1050 g/mol. The van der Waals surface area contributed by atoms with E-state index in [1.807, 2.05) is 6.08 Å². The third-order valence-electron chi connectivity index (χ3n) is 13.9. The second kappa shape index (κ2) is 38.5. The van der Waals surface area contributed by atoms with Crippen LogP contribution < -0.4 is 5.32 Å². The molecule has 12 N–H and O–H groups in total. The van der Waals surface area contributed by atoms with Gasteiger partial charge in [0.15, 0.2) is 18.9 Å². The fourth-order valence-electron chi connectivity index (χ4n) is 9.35. The smallest absolute Gasteiger partial charge is 0.220 e. The van der Waals surface area contributed by atoms with E-state index in [1.165, 1.54) is 89.9 Å². The predicted molar refractivity (Wildman–Crippen MR) is 272 cm³/mol. The molecule has 3 heterocycles. The molecule has 426 valence electrons. The van der Waals surface area contributed by atoms with E-state index >= 15 is 0 Å². The summed E-state index contributed by atoms with van der Waals surface area (Å²) in [7, 11) is 0. The van der Waals surface area contributed by atoms with Gasteiger partial charge in [-0.25, -0.2) is 0 Å². The Hall–Kier alpha value is -1.99. The average Bonchev–Trinajstić information content (AvgIpc) is 3.39. The summed E-state index contributed by atoms with van der Waals surface area (Å²) >= 11 is 0. The van der Waals surface area contributed by atoms with Crippen molar-refractivity contribution in [3.05, 3.63) is 36.5 Å². The summed E-state index contributed by atoms with van der Waals surface area (Å²) in [4.78, 5) is 13.2. The van der Waals surface area contributed by atoms with Crippen LogP contribution in [0.4, 0.5) is 0 Å². The van der Waals surface area contributed by atoms with Crippen molar-refractivity contribution in [2.45, 2.75) is 272 Å². The largest absolute Gasteiger partial charge is 0.394 e. The Labute approximate surface area is 434 Å². The van der Waals surface area contributed by atoms with Crippen molar-refractivity contribution in [3.8, 4) is 0 Å². The molecule has 0 aliphatic carbocycles. The van der Waals surface area contributed by atoms with Crippen LogP contribution in [0.15, 0.2) is 36.5 Å². The molecule has 0 saturated carbocycles. The zero-order valence-electron chi connectivity index (χ0n) is 43.9. The van der Waals surface area contributed by atoms with E-state index in [0.29, 0.717) is 12.8 Å². The number of carbonyl (C=O) groups excluding carboxylic acids is 1. The first kappa shape index (κ1) is 65.3. The van der Waals surface area contributed by atoms with Crippen LogP contribution in [0.1, 0.15) is 168 Å². The number of amides is 1. The van der Waals surface area contributed by atoms with Gasteiger partial charge in [0.2, 0.25) is 5.91 Å². The van der Waals surface area contributed by atoms with Crippen molar-refractivity contribution in [3.63, 3.8) is 0 Å². The average molecular weight is 1050 g/mol. The molecule has 3 fully saturated rings. The molecule has 3 aliphatic heterocycles. The summed E-state index contributed by atoms with van der Waals surface area (Å²) in [6.45, 7) is 1.55. The molecule has 3 saturated heterocycles. The highest BCUT2D eigenvalue weighted by Gasteiger charge is 2.53. The summed E-state index contributed by atoms with van der Waals surface area (Å²) in [5.74, 6) is -0.292. The maximum Gasteiger partial charge on any atom is 0.220 e. The molecule has 0 aromatic heterocycles. The number of nitrogens with one attached hydrogen (secondary N) is 1. The molecule has 17 atom stereocenters. The summed E-state index contributed by atoms with van der Waals surface area (Å²) in [5.41, 5.74) is 0. The third-order valence-corrected chi connectivity index (χ3v) is 13.9. The van der Waals surface area contributed by atoms with Crippen molar-refractivity contribution in [2.75, 3.05) is 26.4 Å². The highest BCUT2D eigenvalue weighted by molar-refractivity contribution is 5.76. The molecule has 19 heteroatoms. The lowest BCUT2D eigenvalue weighted by Gasteiger charge is -2.48. The van der Waals surface area contributed by atoms with Crippen LogP contribution in [0.3, 0.4) is 0 Å². The molecule has 1 amide bonds. The molecule has 0 bridgehead atoms. The maximum atomic E-state index is 13.2. The van der Waals surface area contributed by atoms with Gasteiger partial charge in [0, 0.05) is 6.42 Å². The SMILES string of the molecule is CC/C=C/CC/C=C/CC/C=C/C(O)C(COC1OC(CO)C(OC2OC(CO)C(OC3OC(CO)C(O)C(O)C3O)C(O)C2O)C(O)C1O)NC(=O)CCCCCCCCCCCCCCCCCCCC. The van der Waals surface area contributed by atoms with Crippen molar-refractivity contribution in [2.24, 2.45) is 0 Å². The molecular weight excluding hydrogens is 951 g/mol. The summed E-state index contributed by atoms with van der Waals surface area (Å²) < 4.78 is 34.1. The van der Waals surface area contributed by atoms with Crippen LogP contribution in [0.25, 0.3) is 0 Å². The first-order chi connectivity index (χ1) is 35.3. The fourth-order valence-corrected chi connectivity index (χ4v) is 9.35. The van der Waals surface area contributed by atoms with E-state index in [1.54, 1.807) is 6.08 Å². The number of aliphatic hydroxyl groups excluding tert-OH is 11. The van der Waals surface area contributed by atoms with Gasteiger partial charge in [-0.3, -0.25) is 4.79 Å². The van der Waals surface area contributed by atoms with Crippen LogP contribution in [-0.2, 0) is 33.2 Å². The fraction of sp³-hybridized carbons (Fsp3) is 0.870. The Morgan fingerprint density at radius 2 is 0.890 bits per heavy atom. The van der Waals surface area contributed by atoms with Gasteiger partial charge in [0.05, 0.1) is 38.6 Å². The molecule has 0 aromatic rings. The van der Waals surface area contributed by atoms with E-state index in [9.17, 15) is 61.0 Å². The normalized spacial score (nSPS) is 32.0. The lowest BCUT2D eigenvalue weighted by Crippen LogP contribution is -2.66. The Balaban J connectivity index is 1.51. The quantitative estimate of drug-likeness (QED) is 0.0310. The first-order valence-corrected chi connectivity index (χ1v) is 27.7. The van der Waals surface area contributed by atoms with Gasteiger partial charge in [0.1, 0.15) is 73.2 Å². The molecule has 0 spiro atoms. The molecule has 3 rings (SSSR count). The second-order valence-corrected chi connectivity index (χ2v) is 20.0. The lowest BCUT2D eigenvalue weighted by molar-refractivity contribution is -0.379. The van der Waals surface area contributed by atoms with Crippen molar-refractivity contribution >= 4 is 5.91 Å². The summed E-state index contributed by atoms with van der Waals surface area (Å²) in [6.07, 6.45) is 11.6. The van der Waals surface area contributed by atoms with Gasteiger partial charge in [-0.05, 0) is 38.5 Å². The van der Waals surface area contributed by atoms with Gasteiger partial charge < -0.3 is 89.9 Å². The summed E-state index contributed by atoms with van der Waals surface area (Å²) in [6, 6.07) is -0.990. The van der Waals surface area contributed by atoms with Crippen LogP contribution in [0.5, 0.6) is 0 Å². The maximum absolute atomic E-state index is 13.2. The number of hydrogen-bond donors (Lipinski definition) is 12. The van der Waals surface area contributed by atoms with Gasteiger partial charge in [-0.15, -0.1) is 0 Å². The zero-order chi connectivity index (χ0) is 53.4. The lowest BCUT2D eigenvalue weighted by atomic mass is 9.96. The third kappa shape index (κ3) is 23.7. The van der Waals surface area contributed by atoms with Gasteiger partial charge in [-0.2, -0.15) is 0 Å². The highest BCUT2D eigenvalue weighted by Crippen LogP contribution is 2.33. The Morgan fingerprint density at radius 3 is 1.36 bits per heavy atom. The zero-order valence-corrected chi connectivity index (χ0v) is 43.9. The molecule has 0 radical (unpaired) electrons. The van der Waals surface area contributed by atoms with Gasteiger partial charge >= 0.3 is 0 Å². The minimum absolute atomic E-state index is 0.234. The number of carbonyl (C=O) groups is 1. The van der Waals surface area contributed by atoms with E-state index in [2.05, 4.69) is 43.5 Å². The van der Waals surface area contributed by atoms with E-state index < -0.39 is 124 Å². The topological polar surface area (TPSA) is 307 Å². The van der Waals surface area contributed by atoms with Crippen LogP contribution in [0.2, 0.25) is 0 Å². The van der Waals surface area contributed by atoms with Crippen LogP contribution in [-0.4, -0.2) is 193 Å². The molecule has 19 nitrogen and oxygen atoms in total. The Morgan fingerprint density at radius 1 is 0.493 bits per heavy atom. The van der Waals surface area contributed by atoms with Crippen molar-refractivity contribution in [1.82, 2.24) is 5.32 Å². The van der Waals surface area contributed by atoms with Gasteiger partial charge in [-0.1, -0.05) is 159 Å². The molecule has 3 aliphatic rings.